The minimum absolute atomic E-state index is 0. The maximum Gasteiger partial charge on any atom is 0.325 e. The van der Waals surface area contributed by atoms with Gasteiger partial charge in [-0.25, -0.2) is 9.69 Å². The van der Waals surface area contributed by atoms with Crippen LogP contribution in [0.3, 0.4) is 0 Å². The molecule has 2 saturated carbocycles. The van der Waals surface area contributed by atoms with Crippen molar-refractivity contribution in [1.82, 2.24) is 20.9 Å². The molecule has 0 aromatic carbocycles. The molecule has 8 heteroatoms. The fourth-order valence-electron chi connectivity index (χ4n) is 4.52. The predicted octanol–water partition coefficient (Wildman–Crippen LogP) is 2.09. The molecule has 3 N–H and O–H groups in total. The molecule has 7 nitrogen and oxygen atoms in total. The van der Waals surface area contributed by atoms with E-state index in [-0.39, 0.29) is 24.2 Å². The number of rotatable bonds is 6. The number of hydrogen-bond donors (Lipinski definition) is 3. The van der Waals surface area contributed by atoms with Crippen molar-refractivity contribution in [1.29, 1.82) is 0 Å². The fourth-order valence-corrected chi connectivity index (χ4v) is 4.52. The molecule has 2 aliphatic carbocycles. The Morgan fingerprint density at radius 2 is 1.74 bits per heavy atom. The first-order valence-corrected chi connectivity index (χ1v) is 10.2. The van der Waals surface area contributed by atoms with Crippen molar-refractivity contribution in [3.8, 4) is 0 Å². The number of nitrogens with zero attached hydrogens (tertiary/aromatic N) is 1. The summed E-state index contributed by atoms with van der Waals surface area (Å²) in [4.78, 5) is 38.5. The lowest BCUT2D eigenvalue weighted by Gasteiger charge is -2.23. The van der Waals surface area contributed by atoms with E-state index >= 15 is 0 Å². The molecule has 0 aromatic heterocycles. The van der Waals surface area contributed by atoms with Gasteiger partial charge in [0.1, 0.15) is 11.6 Å². The van der Waals surface area contributed by atoms with Gasteiger partial charge in [0.2, 0.25) is 5.91 Å². The van der Waals surface area contributed by atoms with E-state index in [1.807, 2.05) is 0 Å². The highest BCUT2D eigenvalue weighted by Gasteiger charge is 2.54. The highest BCUT2D eigenvalue weighted by atomic mass is 35.5. The van der Waals surface area contributed by atoms with Crippen molar-refractivity contribution in [3.05, 3.63) is 0 Å². The van der Waals surface area contributed by atoms with E-state index in [2.05, 4.69) is 16.0 Å². The first kappa shape index (κ1) is 22.0. The number of carbonyl (C=O) groups excluding carboxylic acids is 3. The van der Waals surface area contributed by atoms with Crippen LogP contribution in [0.4, 0.5) is 4.79 Å². The number of urea groups is 1. The normalized spacial score (nSPS) is 23.7. The molecule has 1 unspecified atom stereocenters. The van der Waals surface area contributed by atoms with Crippen LogP contribution in [0.15, 0.2) is 0 Å². The number of amides is 4. The molecule has 3 aliphatic rings. The molecule has 27 heavy (non-hydrogen) atoms. The second-order valence-electron chi connectivity index (χ2n) is 8.00. The smallest absolute Gasteiger partial charge is 0.325 e. The summed E-state index contributed by atoms with van der Waals surface area (Å²) in [5, 5.41) is 9.19. The lowest BCUT2D eigenvalue weighted by molar-refractivity contribution is -0.137. The second-order valence-corrected chi connectivity index (χ2v) is 8.00. The lowest BCUT2D eigenvalue weighted by Crippen LogP contribution is -2.50. The molecule has 0 bridgehead atoms. The van der Waals surface area contributed by atoms with Crippen LogP contribution in [0.25, 0.3) is 0 Å². The van der Waals surface area contributed by atoms with Crippen molar-refractivity contribution in [2.75, 3.05) is 13.1 Å². The van der Waals surface area contributed by atoms with Crippen molar-refractivity contribution < 1.29 is 14.4 Å². The summed E-state index contributed by atoms with van der Waals surface area (Å²) in [5.74, 6) is -0.509. The quantitative estimate of drug-likeness (QED) is 0.361. The van der Waals surface area contributed by atoms with Crippen LogP contribution in [0.5, 0.6) is 0 Å². The molecule has 3 fully saturated rings. The zero-order valence-electron chi connectivity index (χ0n) is 16.2. The van der Waals surface area contributed by atoms with Crippen LogP contribution in [0.2, 0.25) is 0 Å². The Morgan fingerprint density at radius 1 is 1.11 bits per heavy atom. The molecule has 1 aliphatic heterocycles. The molecule has 1 spiro atoms. The summed E-state index contributed by atoms with van der Waals surface area (Å²) < 4.78 is 0. The van der Waals surface area contributed by atoms with Gasteiger partial charge in [-0.15, -0.1) is 12.4 Å². The van der Waals surface area contributed by atoms with Crippen molar-refractivity contribution in [2.45, 2.75) is 88.8 Å². The van der Waals surface area contributed by atoms with Gasteiger partial charge in [-0.2, -0.15) is 0 Å². The molecule has 0 aromatic rings. The molecule has 154 valence electrons. The first-order valence-electron chi connectivity index (χ1n) is 10.2. The van der Waals surface area contributed by atoms with E-state index in [0.717, 1.165) is 17.7 Å². The first-order chi connectivity index (χ1) is 12.5. The van der Waals surface area contributed by atoms with Crippen LogP contribution in [-0.4, -0.2) is 53.5 Å². The second kappa shape index (κ2) is 9.73. The zero-order valence-corrected chi connectivity index (χ0v) is 17.0. The van der Waals surface area contributed by atoms with Crippen LogP contribution in [-0.2, 0) is 9.59 Å². The number of halogens is 1. The number of carbonyl (C=O) groups is 3. The van der Waals surface area contributed by atoms with E-state index in [1.165, 1.54) is 38.5 Å². The Balaban J connectivity index is 0.00000261. The van der Waals surface area contributed by atoms with E-state index < -0.39 is 17.6 Å². The third kappa shape index (κ3) is 4.93. The molecule has 3 rings (SSSR count). The molecular formula is C19H33ClN4O3. The van der Waals surface area contributed by atoms with Crippen LogP contribution >= 0.6 is 12.4 Å². The summed E-state index contributed by atoms with van der Waals surface area (Å²) in [6, 6.07) is -0.670. The van der Waals surface area contributed by atoms with Crippen LogP contribution < -0.4 is 16.0 Å². The monoisotopic (exact) mass is 400 g/mol. The van der Waals surface area contributed by atoms with Crippen molar-refractivity contribution >= 4 is 30.3 Å². The third-order valence-corrected chi connectivity index (χ3v) is 6.13. The Morgan fingerprint density at radius 3 is 2.37 bits per heavy atom. The van der Waals surface area contributed by atoms with Gasteiger partial charge in [0.15, 0.2) is 0 Å². The van der Waals surface area contributed by atoms with Gasteiger partial charge in [-0.1, -0.05) is 38.5 Å². The maximum absolute atomic E-state index is 12.7. The maximum atomic E-state index is 12.7. The topological polar surface area (TPSA) is 90.5 Å². The summed E-state index contributed by atoms with van der Waals surface area (Å²) in [6.07, 6.45) is 10.8. The molecule has 1 heterocycles. The Kier molecular flexibility index (Phi) is 7.91. The number of hydrogen-bond acceptors (Lipinski definition) is 4. The standard InChI is InChI=1S/C19H32N4O3.ClH/c1-14(23-17(25)19(22-18(23)26)10-6-7-11-19)16(24)21-13-12-20-15-8-4-2-3-5-9-15;/h14-15,20H,2-13H2,1H3,(H,21,24)(H,22,26);1H. The largest absolute Gasteiger partial charge is 0.353 e. The highest BCUT2D eigenvalue weighted by Crippen LogP contribution is 2.35. The Labute approximate surface area is 167 Å². The van der Waals surface area contributed by atoms with Crippen LogP contribution in [0, 0.1) is 0 Å². The lowest BCUT2D eigenvalue weighted by atomic mass is 9.97. The predicted molar refractivity (Wildman–Crippen MR) is 106 cm³/mol. The molecule has 0 radical (unpaired) electrons. The number of nitrogens with one attached hydrogen (secondary N) is 3. The van der Waals surface area contributed by atoms with E-state index in [0.29, 0.717) is 32.0 Å². The minimum Gasteiger partial charge on any atom is -0.353 e. The molecule has 1 atom stereocenters. The molecular weight excluding hydrogens is 368 g/mol. The van der Waals surface area contributed by atoms with Crippen LogP contribution in [0.1, 0.15) is 71.1 Å². The Hall–Kier alpha value is -1.34. The summed E-state index contributed by atoms with van der Waals surface area (Å²) in [5.41, 5.74) is -0.757. The van der Waals surface area contributed by atoms with Gasteiger partial charge in [-0.05, 0) is 32.6 Å². The summed E-state index contributed by atoms with van der Waals surface area (Å²) in [6.45, 7) is 2.85. The van der Waals surface area contributed by atoms with Gasteiger partial charge in [-0.3, -0.25) is 9.59 Å². The minimum atomic E-state index is -0.777. The average molecular weight is 401 g/mol. The van der Waals surface area contributed by atoms with Crippen molar-refractivity contribution in [3.63, 3.8) is 0 Å². The van der Waals surface area contributed by atoms with Crippen molar-refractivity contribution in [2.24, 2.45) is 0 Å². The summed E-state index contributed by atoms with van der Waals surface area (Å²) >= 11 is 0. The van der Waals surface area contributed by atoms with Gasteiger partial charge in [0.05, 0.1) is 0 Å². The van der Waals surface area contributed by atoms with E-state index in [1.54, 1.807) is 6.92 Å². The average Bonchev–Trinajstić information content (AvgIpc) is 3.06. The van der Waals surface area contributed by atoms with Gasteiger partial charge in [0.25, 0.3) is 5.91 Å². The fraction of sp³-hybridized carbons (Fsp3) is 0.842. The van der Waals surface area contributed by atoms with E-state index in [9.17, 15) is 14.4 Å². The van der Waals surface area contributed by atoms with Gasteiger partial charge in [0, 0.05) is 19.1 Å². The zero-order chi connectivity index (χ0) is 18.6. The SMILES string of the molecule is CC(C(=O)NCCNC1CCCCCC1)N1C(=O)NC2(CCCC2)C1=O.Cl. The summed E-state index contributed by atoms with van der Waals surface area (Å²) in [7, 11) is 0. The highest BCUT2D eigenvalue weighted by molar-refractivity contribution is 6.09. The van der Waals surface area contributed by atoms with Gasteiger partial charge < -0.3 is 16.0 Å². The number of imide groups is 1. The van der Waals surface area contributed by atoms with Gasteiger partial charge >= 0.3 is 6.03 Å². The van der Waals surface area contributed by atoms with E-state index in [4.69, 9.17) is 0 Å². The molecule has 4 amide bonds. The molecule has 1 saturated heterocycles. The Bertz CT molecular complexity index is 543. The third-order valence-electron chi connectivity index (χ3n) is 6.13.